The van der Waals surface area contributed by atoms with E-state index in [2.05, 4.69) is 4.90 Å². The summed E-state index contributed by atoms with van der Waals surface area (Å²) in [6.45, 7) is 4.03. The normalized spacial score (nSPS) is 37.2. The van der Waals surface area contributed by atoms with Crippen molar-refractivity contribution in [3.63, 3.8) is 0 Å². The molecule has 0 amide bonds. The van der Waals surface area contributed by atoms with Crippen molar-refractivity contribution in [2.45, 2.75) is 56.2 Å². The van der Waals surface area contributed by atoms with Gasteiger partial charge in [0.05, 0.1) is 12.2 Å². The van der Waals surface area contributed by atoms with Crippen LogP contribution < -0.4 is 0 Å². The second-order valence-corrected chi connectivity index (χ2v) is 6.01. The van der Waals surface area contributed by atoms with Crippen LogP contribution in [0.3, 0.4) is 0 Å². The fourth-order valence-electron chi connectivity index (χ4n) is 3.91. The molecule has 3 rings (SSSR count). The summed E-state index contributed by atoms with van der Waals surface area (Å²) >= 11 is 0. The molecule has 4 nitrogen and oxygen atoms in total. The maximum atomic E-state index is 9.48. The lowest BCUT2D eigenvalue weighted by Crippen LogP contribution is -2.52. The molecule has 1 spiro atoms. The van der Waals surface area contributed by atoms with Crippen LogP contribution in [-0.2, 0) is 9.47 Å². The zero-order valence-electron chi connectivity index (χ0n) is 11.1. The fraction of sp³-hybridized carbons (Fsp3) is 1.00. The van der Waals surface area contributed by atoms with Crippen LogP contribution in [0, 0.1) is 0 Å². The monoisotopic (exact) mass is 255 g/mol. The number of hydrogen-bond donors (Lipinski definition) is 1. The van der Waals surface area contributed by atoms with Gasteiger partial charge in [-0.1, -0.05) is 0 Å². The summed E-state index contributed by atoms with van der Waals surface area (Å²) in [7, 11) is 0. The number of ether oxygens (including phenoxy) is 2. The molecule has 1 unspecified atom stereocenters. The van der Waals surface area contributed by atoms with E-state index in [1.54, 1.807) is 0 Å². The number of likely N-dealkylation sites (tertiary alicyclic amines) is 1. The molecule has 0 aromatic carbocycles. The Morgan fingerprint density at radius 2 is 2.00 bits per heavy atom. The van der Waals surface area contributed by atoms with Crippen LogP contribution in [-0.4, -0.2) is 60.7 Å². The zero-order chi connectivity index (χ0) is 12.4. The van der Waals surface area contributed by atoms with Crippen LogP contribution in [0.1, 0.15) is 38.5 Å². The van der Waals surface area contributed by atoms with Crippen molar-refractivity contribution in [2.24, 2.45) is 0 Å². The third-order valence-corrected chi connectivity index (χ3v) is 4.97. The first-order valence-electron chi connectivity index (χ1n) is 7.41. The molecule has 0 saturated carbocycles. The van der Waals surface area contributed by atoms with E-state index in [-0.39, 0.29) is 5.60 Å². The van der Waals surface area contributed by atoms with Gasteiger partial charge in [0.2, 0.25) is 0 Å². The molecular formula is C14H25NO3. The molecular weight excluding hydrogens is 230 g/mol. The second kappa shape index (κ2) is 5.45. The summed E-state index contributed by atoms with van der Waals surface area (Å²) in [4.78, 5) is 2.54. The molecule has 18 heavy (non-hydrogen) atoms. The van der Waals surface area contributed by atoms with Crippen LogP contribution in [0.5, 0.6) is 0 Å². The number of aliphatic hydroxyl groups excluding tert-OH is 1. The Kier molecular flexibility index (Phi) is 3.89. The van der Waals surface area contributed by atoms with Crippen molar-refractivity contribution in [3.05, 3.63) is 0 Å². The molecule has 3 saturated heterocycles. The molecule has 3 fully saturated rings. The van der Waals surface area contributed by atoms with Crippen molar-refractivity contribution < 1.29 is 14.6 Å². The Morgan fingerprint density at radius 3 is 2.78 bits per heavy atom. The topological polar surface area (TPSA) is 41.9 Å². The largest absolute Gasteiger partial charge is 0.395 e. The molecule has 0 aromatic heterocycles. The van der Waals surface area contributed by atoms with E-state index < -0.39 is 0 Å². The number of hydrogen-bond acceptors (Lipinski definition) is 4. The molecule has 0 aliphatic carbocycles. The lowest BCUT2D eigenvalue weighted by atomic mass is 9.83. The lowest BCUT2D eigenvalue weighted by molar-refractivity contribution is -0.153. The average Bonchev–Trinajstić information content (AvgIpc) is 2.88. The Morgan fingerprint density at radius 1 is 1.17 bits per heavy atom. The smallest absolute Gasteiger partial charge is 0.0741 e. The van der Waals surface area contributed by atoms with Gasteiger partial charge in [-0.3, -0.25) is 4.90 Å². The summed E-state index contributed by atoms with van der Waals surface area (Å²) in [5, 5.41) is 9.48. The minimum absolute atomic E-state index is 0.0732. The molecule has 0 aromatic rings. The molecule has 1 N–H and O–H groups in total. The quantitative estimate of drug-likeness (QED) is 0.804. The highest BCUT2D eigenvalue weighted by Crippen LogP contribution is 2.37. The van der Waals surface area contributed by atoms with Gasteiger partial charge >= 0.3 is 0 Å². The van der Waals surface area contributed by atoms with Gasteiger partial charge in [0.1, 0.15) is 0 Å². The summed E-state index contributed by atoms with van der Waals surface area (Å²) in [5.74, 6) is 0. The van der Waals surface area contributed by atoms with Gasteiger partial charge in [0.25, 0.3) is 0 Å². The Bertz CT molecular complexity index is 273. The van der Waals surface area contributed by atoms with Crippen molar-refractivity contribution in [2.75, 3.05) is 33.0 Å². The predicted octanol–water partition coefficient (Wildman–Crippen LogP) is 1.17. The molecule has 0 radical (unpaired) electrons. The fourth-order valence-corrected chi connectivity index (χ4v) is 3.91. The summed E-state index contributed by atoms with van der Waals surface area (Å²) in [6.07, 6.45) is 6.73. The van der Waals surface area contributed by atoms with Crippen LogP contribution in [0.15, 0.2) is 0 Å². The van der Waals surface area contributed by atoms with E-state index >= 15 is 0 Å². The SMILES string of the molecule is OC[C@@H]1CCCN1C1CCOC2(CCOCC2)C1. The lowest BCUT2D eigenvalue weighted by Gasteiger charge is -2.46. The van der Waals surface area contributed by atoms with Crippen LogP contribution >= 0.6 is 0 Å². The Hall–Kier alpha value is -0.160. The molecule has 3 aliphatic heterocycles. The van der Waals surface area contributed by atoms with Crippen molar-refractivity contribution in [1.29, 1.82) is 0 Å². The van der Waals surface area contributed by atoms with Crippen molar-refractivity contribution in [1.82, 2.24) is 4.90 Å². The highest BCUT2D eigenvalue weighted by molar-refractivity contribution is 4.95. The molecule has 2 atom stereocenters. The maximum absolute atomic E-state index is 9.48. The number of rotatable bonds is 2. The van der Waals surface area contributed by atoms with Gasteiger partial charge in [0, 0.05) is 31.9 Å². The van der Waals surface area contributed by atoms with Gasteiger partial charge in [-0.2, -0.15) is 0 Å². The molecule has 3 aliphatic rings. The molecule has 4 heteroatoms. The van der Waals surface area contributed by atoms with Crippen LogP contribution in [0.4, 0.5) is 0 Å². The molecule has 104 valence electrons. The van der Waals surface area contributed by atoms with E-state index in [4.69, 9.17) is 9.47 Å². The average molecular weight is 255 g/mol. The van der Waals surface area contributed by atoms with Gasteiger partial charge in [-0.25, -0.2) is 0 Å². The maximum Gasteiger partial charge on any atom is 0.0741 e. The van der Waals surface area contributed by atoms with Crippen LogP contribution in [0.25, 0.3) is 0 Å². The summed E-state index contributed by atoms with van der Waals surface area (Å²) in [5.41, 5.74) is 0.0732. The van der Waals surface area contributed by atoms with E-state index in [0.29, 0.717) is 18.7 Å². The van der Waals surface area contributed by atoms with Gasteiger partial charge in [-0.05, 0) is 45.1 Å². The first-order valence-corrected chi connectivity index (χ1v) is 7.41. The first kappa shape index (κ1) is 12.9. The third-order valence-electron chi connectivity index (χ3n) is 4.97. The second-order valence-electron chi connectivity index (χ2n) is 6.01. The molecule has 3 heterocycles. The van der Waals surface area contributed by atoms with Crippen molar-refractivity contribution in [3.8, 4) is 0 Å². The minimum atomic E-state index is 0.0732. The standard InChI is InChI=1S/C14H25NO3/c16-11-13-2-1-6-15(13)12-3-7-18-14(10-12)4-8-17-9-5-14/h12-13,16H,1-11H2/t12?,13-/m0/s1. The molecule has 0 bridgehead atoms. The Balaban J connectivity index is 1.66. The predicted molar refractivity (Wildman–Crippen MR) is 68.6 cm³/mol. The van der Waals surface area contributed by atoms with E-state index in [0.717, 1.165) is 58.5 Å². The minimum Gasteiger partial charge on any atom is -0.395 e. The zero-order valence-corrected chi connectivity index (χ0v) is 11.1. The number of aliphatic hydroxyl groups is 1. The van der Waals surface area contributed by atoms with E-state index in [1.165, 1.54) is 6.42 Å². The van der Waals surface area contributed by atoms with Gasteiger partial charge in [0.15, 0.2) is 0 Å². The van der Waals surface area contributed by atoms with Crippen molar-refractivity contribution >= 4 is 0 Å². The Labute approximate surface area is 109 Å². The highest BCUT2D eigenvalue weighted by atomic mass is 16.5. The van der Waals surface area contributed by atoms with Gasteiger partial charge < -0.3 is 14.6 Å². The van der Waals surface area contributed by atoms with E-state index in [9.17, 15) is 5.11 Å². The van der Waals surface area contributed by atoms with Gasteiger partial charge in [-0.15, -0.1) is 0 Å². The summed E-state index contributed by atoms with van der Waals surface area (Å²) < 4.78 is 11.6. The number of nitrogens with zero attached hydrogens (tertiary/aromatic N) is 1. The first-order chi connectivity index (χ1) is 8.83. The van der Waals surface area contributed by atoms with E-state index in [1.807, 2.05) is 0 Å². The summed E-state index contributed by atoms with van der Waals surface area (Å²) in [6, 6.07) is 1.00. The van der Waals surface area contributed by atoms with Crippen LogP contribution in [0.2, 0.25) is 0 Å². The third kappa shape index (κ3) is 2.44. The highest BCUT2D eigenvalue weighted by Gasteiger charge is 2.42.